The van der Waals surface area contributed by atoms with Crippen molar-refractivity contribution in [2.24, 2.45) is 5.92 Å². The zero-order valence-corrected chi connectivity index (χ0v) is 15.8. The first-order valence-electron chi connectivity index (χ1n) is 8.42. The molecule has 27 heavy (non-hydrogen) atoms. The maximum absolute atomic E-state index is 12.1. The average Bonchev–Trinajstić information content (AvgIpc) is 2.92. The van der Waals surface area contributed by atoms with Crippen LogP contribution in [0.3, 0.4) is 0 Å². The fourth-order valence-electron chi connectivity index (χ4n) is 2.55. The number of nitro groups is 1. The number of hydrogen-bond donors (Lipinski definition) is 2. The van der Waals surface area contributed by atoms with Crippen molar-refractivity contribution in [3.8, 4) is 0 Å². The molecule has 2 atom stereocenters. The summed E-state index contributed by atoms with van der Waals surface area (Å²) in [6, 6.07) is 5.72. The topological polar surface area (TPSA) is 120 Å². The predicted molar refractivity (Wildman–Crippen MR) is 101 cm³/mol. The quantitative estimate of drug-likeness (QED) is 0.312. The van der Waals surface area contributed by atoms with E-state index in [4.69, 9.17) is 21.7 Å². The van der Waals surface area contributed by atoms with Gasteiger partial charge in [-0.1, -0.05) is 6.07 Å². The minimum Gasteiger partial charge on any atom is -0.460 e. The van der Waals surface area contributed by atoms with E-state index in [-0.39, 0.29) is 29.4 Å². The number of anilines is 1. The lowest BCUT2D eigenvalue weighted by atomic mass is 10.0. The number of hydrogen-bond acceptors (Lipinski definition) is 7. The van der Waals surface area contributed by atoms with Gasteiger partial charge in [-0.15, -0.1) is 0 Å². The Kier molecular flexibility index (Phi) is 7.19. The largest absolute Gasteiger partial charge is 0.460 e. The maximum atomic E-state index is 12.1. The number of carbonyl (C=O) groups is 2. The van der Waals surface area contributed by atoms with Crippen molar-refractivity contribution < 1.29 is 24.0 Å². The molecular formula is C17H21N3O6S. The van der Waals surface area contributed by atoms with Gasteiger partial charge < -0.3 is 20.1 Å². The number of thiocarbonyl (C=S) groups is 1. The van der Waals surface area contributed by atoms with Crippen molar-refractivity contribution in [2.45, 2.75) is 38.9 Å². The summed E-state index contributed by atoms with van der Waals surface area (Å²) in [5.74, 6) is -1.42. The molecule has 1 heterocycles. The summed E-state index contributed by atoms with van der Waals surface area (Å²) < 4.78 is 10.6. The number of nitro benzene ring substituents is 1. The van der Waals surface area contributed by atoms with Gasteiger partial charge in [0.25, 0.3) is 5.69 Å². The van der Waals surface area contributed by atoms with Crippen LogP contribution in [0.4, 0.5) is 11.4 Å². The standard InChI is InChI=1S/C17H21N3O6S/c1-10(2)25-9-14-6-11(16(22)26-14)7-15(21)19-17(27)18-12-4-3-5-13(8-12)20(23)24/h3-5,8,10-11,14H,6-7,9H2,1-2H3,(H2,18,19,21,27)/t11-,14-/m0/s1. The van der Waals surface area contributed by atoms with E-state index in [1.54, 1.807) is 6.07 Å². The summed E-state index contributed by atoms with van der Waals surface area (Å²) >= 11 is 5.04. The molecular weight excluding hydrogens is 374 g/mol. The number of nitrogens with zero attached hydrogens (tertiary/aromatic N) is 1. The van der Waals surface area contributed by atoms with Crippen LogP contribution in [-0.4, -0.2) is 40.7 Å². The van der Waals surface area contributed by atoms with Gasteiger partial charge in [0.05, 0.1) is 23.6 Å². The highest BCUT2D eigenvalue weighted by Crippen LogP contribution is 2.24. The summed E-state index contributed by atoms with van der Waals surface area (Å²) in [4.78, 5) is 34.2. The minimum absolute atomic E-state index is 0.00782. The Morgan fingerprint density at radius 3 is 2.89 bits per heavy atom. The number of rotatable bonds is 7. The van der Waals surface area contributed by atoms with E-state index < -0.39 is 22.7 Å². The number of amides is 1. The van der Waals surface area contributed by atoms with Gasteiger partial charge in [0.1, 0.15) is 6.10 Å². The third kappa shape index (κ3) is 6.57. The van der Waals surface area contributed by atoms with Crippen LogP contribution < -0.4 is 10.6 Å². The molecule has 0 spiro atoms. The SMILES string of the molecule is CC(C)OC[C@@H]1C[C@@H](CC(=O)NC(=S)Nc2cccc([N+](=O)[O-])c2)C(=O)O1. The van der Waals surface area contributed by atoms with E-state index in [1.807, 2.05) is 13.8 Å². The van der Waals surface area contributed by atoms with E-state index in [0.29, 0.717) is 18.7 Å². The highest BCUT2D eigenvalue weighted by atomic mass is 32.1. The van der Waals surface area contributed by atoms with Crippen LogP contribution in [0.25, 0.3) is 0 Å². The molecule has 0 unspecified atom stereocenters. The van der Waals surface area contributed by atoms with E-state index >= 15 is 0 Å². The van der Waals surface area contributed by atoms with E-state index in [0.717, 1.165) is 0 Å². The molecule has 1 aromatic carbocycles. The number of esters is 1. The van der Waals surface area contributed by atoms with Gasteiger partial charge in [-0.3, -0.25) is 19.7 Å². The molecule has 1 aliphatic heterocycles. The molecule has 0 saturated carbocycles. The smallest absolute Gasteiger partial charge is 0.309 e. The van der Waals surface area contributed by atoms with Gasteiger partial charge in [-0.05, 0) is 32.1 Å². The van der Waals surface area contributed by atoms with Crippen LogP contribution in [0.1, 0.15) is 26.7 Å². The lowest BCUT2D eigenvalue weighted by Gasteiger charge is -2.12. The monoisotopic (exact) mass is 395 g/mol. The average molecular weight is 395 g/mol. The van der Waals surface area contributed by atoms with Gasteiger partial charge in [-0.25, -0.2) is 0 Å². The van der Waals surface area contributed by atoms with E-state index in [1.165, 1.54) is 18.2 Å². The third-order valence-electron chi connectivity index (χ3n) is 3.78. The fourth-order valence-corrected chi connectivity index (χ4v) is 2.78. The van der Waals surface area contributed by atoms with Crippen LogP contribution in [0.5, 0.6) is 0 Å². The molecule has 2 rings (SSSR count). The molecule has 1 aromatic rings. The van der Waals surface area contributed by atoms with Crippen molar-refractivity contribution in [3.63, 3.8) is 0 Å². The summed E-state index contributed by atoms with van der Waals surface area (Å²) in [7, 11) is 0. The van der Waals surface area contributed by atoms with Crippen molar-refractivity contribution in [2.75, 3.05) is 11.9 Å². The summed E-state index contributed by atoms with van der Waals surface area (Å²) in [6.45, 7) is 4.07. The molecule has 9 nitrogen and oxygen atoms in total. The Hall–Kier alpha value is -2.59. The molecule has 10 heteroatoms. The van der Waals surface area contributed by atoms with Crippen molar-refractivity contribution in [3.05, 3.63) is 34.4 Å². The highest BCUT2D eigenvalue weighted by Gasteiger charge is 2.36. The predicted octanol–water partition coefficient (Wildman–Crippen LogP) is 2.15. The van der Waals surface area contributed by atoms with Gasteiger partial charge >= 0.3 is 5.97 Å². The normalized spacial score (nSPS) is 18.9. The third-order valence-corrected chi connectivity index (χ3v) is 3.98. The number of benzene rings is 1. The second-order valence-electron chi connectivity index (χ2n) is 6.39. The van der Waals surface area contributed by atoms with Crippen LogP contribution in [-0.2, 0) is 19.1 Å². The van der Waals surface area contributed by atoms with Gasteiger partial charge in [0.2, 0.25) is 5.91 Å². The molecule has 1 saturated heterocycles. The molecule has 0 radical (unpaired) electrons. The lowest BCUT2D eigenvalue weighted by Crippen LogP contribution is -2.35. The molecule has 1 amide bonds. The molecule has 2 N–H and O–H groups in total. The maximum Gasteiger partial charge on any atom is 0.309 e. The summed E-state index contributed by atoms with van der Waals surface area (Å²) in [5.41, 5.74) is 0.276. The fraction of sp³-hybridized carbons (Fsp3) is 0.471. The zero-order valence-electron chi connectivity index (χ0n) is 15.0. The number of cyclic esters (lactones) is 1. The van der Waals surface area contributed by atoms with Gasteiger partial charge in [0.15, 0.2) is 5.11 Å². The molecule has 146 valence electrons. The Morgan fingerprint density at radius 2 is 2.22 bits per heavy atom. The van der Waals surface area contributed by atoms with E-state index in [9.17, 15) is 19.7 Å². The van der Waals surface area contributed by atoms with Crippen molar-refractivity contribution in [1.82, 2.24) is 5.32 Å². The summed E-state index contributed by atoms with van der Waals surface area (Å²) in [6.07, 6.45) is 0.0219. The number of carbonyl (C=O) groups excluding carboxylic acids is 2. The van der Waals surface area contributed by atoms with Crippen molar-refractivity contribution >= 4 is 40.6 Å². The van der Waals surface area contributed by atoms with Crippen LogP contribution in [0, 0.1) is 16.0 Å². The Bertz CT molecular complexity index is 739. The highest BCUT2D eigenvalue weighted by molar-refractivity contribution is 7.80. The van der Waals surface area contributed by atoms with Gasteiger partial charge in [-0.2, -0.15) is 0 Å². The molecule has 1 fully saturated rings. The Morgan fingerprint density at radius 1 is 1.48 bits per heavy atom. The first-order valence-corrected chi connectivity index (χ1v) is 8.82. The first kappa shape index (κ1) is 20.7. The van der Waals surface area contributed by atoms with Crippen LogP contribution in [0.15, 0.2) is 24.3 Å². The number of non-ortho nitro benzene ring substituents is 1. The molecule has 0 aromatic heterocycles. The van der Waals surface area contributed by atoms with Crippen LogP contribution in [0.2, 0.25) is 0 Å². The van der Waals surface area contributed by atoms with Gasteiger partial charge in [0, 0.05) is 30.7 Å². The second-order valence-corrected chi connectivity index (χ2v) is 6.80. The van der Waals surface area contributed by atoms with Crippen molar-refractivity contribution in [1.29, 1.82) is 0 Å². The summed E-state index contributed by atoms with van der Waals surface area (Å²) in [5, 5.41) is 15.9. The Labute approximate surface area is 161 Å². The molecule has 1 aliphatic rings. The first-order chi connectivity index (χ1) is 12.7. The number of ether oxygens (including phenoxy) is 2. The zero-order chi connectivity index (χ0) is 20.0. The molecule has 0 bridgehead atoms. The number of nitrogens with one attached hydrogen (secondary N) is 2. The van der Waals surface area contributed by atoms with E-state index in [2.05, 4.69) is 10.6 Å². The van der Waals surface area contributed by atoms with Crippen LogP contribution >= 0.6 is 12.2 Å². The second kappa shape index (κ2) is 9.38. The Balaban J connectivity index is 1.81. The molecule has 0 aliphatic carbocycles. The lowest BCUT2D eigenvalue weighted by molar-refractivity contribution is -0.384. The minimum atomic E-state index is -0.550.